The maximum atomic E-state index is 12.2. The van der Waals surface area contributed by atoms with Crippen LogP contribution in [0, 0.1) is 16.7 Å². The van der Waals surface area contributed by atoms with Crippen LogP contribution in [0.25, 0.3) is 0 Å². The van der Waals surface area contributed by atoms with E-state index in [9.17, 15) is 9.59 Å². The van der Waals surface area contributed by atoms with Crippen LogP contribution in [0.2, 0.25) is 0 Å². The van der Waals surface area contributed by atoms with Crippen LogP contribution in [0.15, 0.2) is 0 Å². The number of nitrogens with two attached hydrogens (primary N) is 1. The number of hydrogen-bond donors (Lipinski definition) is 1. The minimum atomic E-state index is -0.279. The molecule has 3 rings (SSSR count). The minimum Gasteiger partial charge on any atom is -0.369 e. The van der Waals surface area contributed by atoms with Crippen molar-refractivity contribution in [1.82, 2.24) is 0 Å². The number of hydrogen-bond acceptors (Lipinski definition) is 2. The van der Waals surface area contributed by atoms with Crippen molar-refractivity contribution in [3.05, 3.63) is 0 Å². The molecule has 0 spiro atoms. The van der Waals surface area contributed by atoms with E-state index in [0.29, 0.717) is 5.78 Å². The van der Waals surface area contributed by atoms with Crippen molar-refractivity contribution in [2.24, 2.45) is 22.5 Å². The minimum absolute atomic E-state index is 0.110. The van der Waals surface area contributed by atoms with E-state index in [-0.39, 0.29) is 22.7 Å². The molecule has 0 aliphatic heterocycles. The van der Waals surface area contributed by atoms with Gasteiger partial charge in [-0.25, -0.2) is 0 Å². The molecule has 90 valence electrons. The molecule has 0 unspecified atom stereocenters. The first-order valence-corrected chi connectivity index (χ1v) is 6.26. The topological polar surface area (TPSA) is 60.2 Å². The molecule has 3 aliphatic carbocycles. The summed E-state index contributed by atoms with van der Waals surface area (Å²) in [4.78, 5) is 23.7. The second kappa shape index (κ2) is 3.57. The summed E-state index contributed by atoms with van der Waals surface area (Å²) in [5, 5.41) is 0. The number of carbonyl (C=O) groups is 2. The SMILES string of the molecule is CC(C)C(=O)C12CCC(C(N)=O)(CC1)CC2. The van der Waals surface area contributed by atoms with Gasteiger partial charge in [0.05, 0.1) is 0 Å². The van der Waals surface area contributed by atoms with Crippen LogP contribution in [0.5, 0.6) is 0 Å². The second-order valence-electron chi connectivity index (χ2n) is 5.94. The van der Waals surface area contributed by atoms with E-state index in [1.165, 1.54) is 0 Å². The van der Waals surface area contributed by atoms with E-state index in [0.717, 1.165) is 38.5 Å². The first-order chi connectivity index (χ1) is 7.42. The molecule has 0 saturated heterocycles. The molecule has 0 atom stereocenters. The van der Waals surface area contributed by atoms with E-state index in [4.69, 9.17) is 5.73 Å². The lowest BCUT2D eigenvalue weighted by Crippen LogP contribution is -2.52. The van der Waals surface area contributed by atoms with Crippen LogP contribution in [0.1, 0.15) is 52.4 Å². The molecule has 16 heavy (non-hydrogen) atoms. The number of Topliss-reactive ketones (excluding diaryl/α,β-unsaturated/α-hetero) is 1. The lowest BCUT2D eigenvalue weighted by Gasteiger charge is -2.51. The molecule has 1 amide bonds. The van der Waals surface area contributed by atoms with E-state index in [2.05, 4.69) is 0 Å². The zero-order valence-electron chi connectivity index (χ0n) is 10.2. The lowest BCUT2D eigenvalue weighted by molar-refractivity contribution is -0.149. The summed E-state index contributed by atoms with van der Waals surface area (Å²) in [5.74, 6) is 0.349. The summed E-state index contributed by atoms with van der Waals surface area (Å²) in [6.45, 7) is 3.95. The molecule has 0 aromatic rings. The van der Waals surface area contributed by atoms with Gasteiger partial charge >= 0.3 is 0 Å². The van der Waals surface area contributed by atoms with Crippen LogP contribution in [-0.4, -0.2) is 11.7 Å². The Kier molecular flexibility index (Phi) is 2.59. The largest absolute Gasteiger partial charge is 0.369 e. The van der Waals surface area contributed by atoms with Gasteiger partial charge in [-0.1, -0.05) is 13.8 Å². The van der Waals surface area contributed by atoms with Crippen molar-refractivity contribution in [1.29, 1.82) is 0 Å². The standard InChI is InChI=1S/C13H21NO2/c1-9(2)10(15)12-3-6-13(7-4-12,8-5-12)11(14)16/h9H,3-8H2,1-2H3,(H2,14,16). The lowest BCUT2D eigenvalue weighted by atomic mass is 9.51. The third kappa shape index (κ3) is 1.48. The fraction of sp³-hybridized carbons (Fsp3) is 0.846. The summed E-state index contributed by atoms with van der Waals surface area (Å²) in [5.41, 5.74) is 5.09. The fourth-order valence-corrected chi connectivity index (χ4v) is 3.54. The highest BCUT2D eigenvalue weighted by atomic mass is 16.1. The Labute approximate surface area is 96.8 Å². The van der Waals surface area contributed by atoms with Gasteiger partial charge in [-0.05, 0) is 38.5 Å². The van der Waals surface area contributed by atoms with E-state index in [1.54, 1.807) is 0 Å². The van der Waals surface area contributed by atoms with Crippen molar-refractivity contribution < 1.29 is 9.59 Å². The van der Waals surface area contributed by atoms with Crippen LogP contribution in [0.4, 0.5) is 0 Å². The van der Waals surface area contributed by atoms with Gasteiger partial charge < -0.3 is 5.73 Å². The second-order valence-corrected chi connectivity index (χ2v) is 5.94. The first-order valence-electron chi connectivity index (χ1n) is 6.26. The molecule has 2 bridgehead atoms. The quantitative estimate of drug-likeness (QED) is 0.795. The monoisotopic (exact) mass is 223 g/mol. The van der Waals surface area contributed by atoms with Gasteiger partial charge in [0.2, 0.25) is 5.91 Å². The van der Waals surface area contributed by atoms with Gasteiger partial charge in [0.25, 0.3) is 0 Å². The molecule has 0 aromatic heterocycles. The maximum Gasteiger partial charge on any atom is 0.223 e. The smallest absolute Gasteiger partial charge is 0.223 e. The van der Waals surface area contributed by atoms with Crippen LogP contribution < -0.4 is 5.73 Å². The third-order valence-electron chi connectivity index (χ3n) is 4.82. The molecule has 3 nitrogen and oxygen atoms in total. The van der Waals surface area contributed by atoms with E-state index < -0.39 is 0 Å². The average Bonchev–Trinajstić information content (AvgIpc) is 2.30. The number of fused-ring (bicyclic) bond motifs is 3. The van der Waals surface area contributed by atoms with Crippen LogP contribution in [0.3, 0.4) is 0 Å². The number of carbonyl (C=O) groups excluding carboxylic acids is 2. The van der Waals surface area contributed by atoms with E-state index in [1.807, 2.05) is 13.8 Å². The summed E-state index contributed by atoms with van der Waals surface area (Å²) < 4.78 is 0. The summed E-state index contributed by atoms with van der Waals surface area (Å²) >= 11 is 0. The normalized spacial score (nSPS) is 37.7. The molecule has 2 N–H and O–H groups in total. The molecular formula is C13H21NO2. The Morgan fingerprint density at radius 2 is 1.31 bits per heavy atom. The Morgan fingerprint density at radius 1 is 0.938 bits per heavy atom. The van der Waals surface area contributed by atoms with Crippen molar-refractivity contribution in [3.8, 4) is 0 Å². The molecule has 0 heterocycles. The molecule has 3 aliphatic rings. The Bertz CT molecular complexity index is 308. The molecule has 0 aromatic carbocycles. The van der Waals surface area contributed by atoms with Gasteiger partial charge in [-0.2, -0.15) is 0 Å². The first kappa shape index (κ1) is 11.6. The molecule has 3 heteroatoms. The number of ketones is 1. The Balaban J connectivity index is 2.17. The highest BCUT2D eigenvalue weighted by Gasteiger charge is 2.54. The maximum absolute atomic E-state index is 12.2. The van der Waals surface area contributed by atoms with Gasteiger partial charge in [-0.3, -0.25) is 9.59 Å². The van der Waals surface area contributed by atoms with Gasteiger partial charge in [0.1, 0.15) is 5.78 Å². The van der Waals surface area contributed by atoms with Crippen molar-refractivity contribution in [3.63, 3.8) is 0 Å². The van der Waals surface area contributed by atoms with E-state index >= 15 is 0 Å². The zero-order chi connectivity index (χ0) is 12.0. The number of primary amides is 1. The predicted octanol–water partition coefficient (Wildman–Crippen LogP) is 2.04. The highest BCUT2D eigenvalue weighted by Crippen LogP contribution is 2.57. The fourth-order valence-electron chi connectivity index (χ4n) is 3.54. The van der Waals surface area contributed by atoms with Crippen molar-refractivity contribution in [2.75, 3.05) is 0 Å². The highest BCUT2D eigenvalue weighted by molar-refractivity contribution is 5.88. The van der Waals surface area contributed by atoms with Crippen molar-refractivity contribution in [2.45, 2.75) is 52.4 Å². The van der Waals surface area contributed by atoms with Gasteiger partial charge in [0, 0.05) is 16.7 Å². The Hall–Kier alpha value is -0.860. The van der Waals surface area contributed by atoms with Gasteiger partial charge in [-0.15, -0.1) is 0 Å². The number of amides is 1. The Morgan fingerprint density at radius 3 is 1.62 bits per heavy atom. The molecule has 0 radical (unpaired) electrons. The summed E-state index contributed by atoms with van der Waals surface area (Å²) in [7, 11) is 0. The molecule has 3 fully saturated rings. The zero-order valence-corrected chi connectivity index (χ0v) is 10.2. The molecular weight excluding hydrogens is 202 g/mol. The third-order valence-corrected chi connectivity index (χ3v) is 4.82. The predicted molar refractivity (Wildman–Crippen MR) is 61.6 cm³/mol. The van der Waals surface area contributed by atoms with Crippen molar-refractivity contribution >= 4 is 11.7 Å². The molecule has 3 saturated carbocycles. The summed E-state index contributed by atoms with van der Waals surface area (Å²) in [6, 6.07) is 0. The number of rotatable bonds is 3. The van der Waals surface area contributed by atoms with Crippen LogP contribution in [-0.2, 0) is 9.59 Å². The van der Waals surface area contributed by atoms with Crippen LogP contribution >= 0.6 is 0 Å². The van der Waals surface area contributed by atoms with Gasteiger partial charge in [0.15, 0.2) is 0 Å². The summed E-state index contributed by atoms with van der Waals surface area (Å²) in [6.07, 6.45) is 5.06. The average molecular weight is 223 g/mol.